The molecule has 4 heteroatoms. The molecular weight excluding hydrogens is 445 g/mol. The molecule has 138 valence electrons. The quantitative estimate of drug-likeness (QED) is 0.321. The van der Waals surface area contributed by atoms with Crippen molar-refractivity contribution in [2.75, 3.05) is 0 Å². The van der Waals surface area contributed by atoms with Crippen LogP contribution >= 0.6 is 11.3 Å². The van der Waals surface area contributed by atoms with Crippen LogP contribution in [0.3, 0.4) is 0 Å². The first kappa shape index (κ1) is 19.7. The molecule has 0 aliphatic heterocycles. The van der Waals surface area contributed by atoms with Crippen LogP contribution in [0.5, 0.6) is 5.75 Å². The number of pyridine rings is 1. The number of phenols is 1. The van der Waals surface area contributed by atoms with E-state index in [9.17, 15) is 5.11 Å². The second kappa shape index (κ2) is 8.30. The van der Waals surface area contributed by atoms with Gasteiger partial charge in [-0.3, -0.25) is 0 Å². The van der Waals surface area contributed by atoms with Gasteiger partial charge in [-0.1, -0.05) is 0 Å². The van der Waals surface area contributed by atoms with Crippen molar-refractivity contribution in [2.24, 2.45) is 0 Å². The third-order valence-corrected chi connectivity index (χ3v) is 15.5. The van der Waals surface area contributed by atoms with Gasteiger partial charge < -0.3 is 0 Å². The summed E-state index contributed by atoms with van der Waals surface area (Å²) in [6.45, 7) is 2.26. The fourth-order valence-corrected chi connectivity index (χ4v) is 9.85. The maximum absolute atomic E-state index is 10.2. The van der Waals surface area contributed by atoms with Crippen molar-refractivity contribution in [3.63, 3.8) is 0 Å². The van der Waals surface area contributed by atoms with E-state index in [0.29, 0.717) is 5.52 Å². The van der Waals surface area contributed by atoms with Gasteiger partial charge in [-0.15, -0.1) is 0 Å². The molecule has 26 heavy (non-hydrogen) atoms. The SMILES string of the molecule is CCCCCCc1c[c]([Sn]([CH3])([CH3])[CH3])sc1-c1ccc(O)c2ncccc12. The second-order valence-corrected chi connectivity index (χ2v) is 24.5. The number of thiophene rings is 1. The molecule has 0 bridgehead atoms. The van der Waals surface area contributed by atoms with Gasteiger partial charge in [0, 0.05) is 0 Å². The Morgan fingerprint density at radius 1 is 1.08 bits per heavy atom. The molecule has 0 amide bonds. The second-order valence-electron chi connectivity index (χ2n) is 8.06. The third kappa shape index (κ3) is 4.25. The number of nitrogens with zero attached hydrogens (tertiary/aromatic N) is 1. The number of aryl methyl sites for hydroxylation is 1. The number of aromatic hydroxyl groups is 1. The fourth-order valence-electron chi connectivity index (χ4n) is 3.31. The number of phenolic OH excluding ortho intramolecular Hbond substituents is 1. The number of unbranched alkanes of at least 4 members (excludes halogenated alkanes) is 3. The van der Waals surface area contributed by atoms with E-state index < -0.39 is 18.4 Å². The Morgan fingerprint density at radius 2 is 1.88 bits per heavy atom. The van der Waals surface area contributed by atoms with Crippen LogP contribution in [-0.2, 0) is 6.42 Å². The standard InChI is InChI=1S/C19H20NOS.3CH3.Sn/c1-2-3-4-5-7-14-11-13-22-19(14)16-9-10-17(21)18-15(16)8-6-12-20-18;;;;/h6,8-12,21H,2-5,7H2,1H3;3*1H3;. The van der Waals surface area contributed by atoms with E-state index in [-0.39, 0.29) is 5.75 Å². The first-order chi connectivity index (χ1) is 12.4. The molecule has 0 aliphatic carbocycles. The molecular formula is C22H29NOSSn. The van der Waals surface area contributed by atoms with Crippen LogP contribution < -0.4 is 2.89 Å². The van der Waals surface area contributed by atoms with Gasteiger partial charge in [-0.25, -0.2) is 0 Å². The molecule has 0 saturated heterocycles. The molecule has 0 atom stereocenters. The number of hydrogen-bond acceptors (Lipinski definition) is 3. The summed E-state index contributed by atoms with van der Waals surface area (Å²) >= 11 is -0.137. The molecule has 0 radical (unpaired) electrons. The summed E-state index contributed by atoms with van der Waals surface area (Å²) in [5.41, 5.74) is 3.42. The normalized spacial score (nSPS) is 12.0. The number of benzene rings is 1. The number of rotatable bonds is 7. The van der Waals surface area contributed by atoms with Gasteiger partial charge in [0.15, 0.2) is 0 Å². The van der Waals surface area contributed by atoms with Gasteiger partial charge in [0.05, 0.1) is 0 Å². The molecule has 1 aromatic carbocycles. The summed E-state index contributed by atoms with van der Waals surface area (Å²) < 4.78 is 1.63. The predicted molar refractivity (Wildman–Crippen MR) is 118 cm³/mol. The summed E-state index contributed by atoms with van der Waals surface area (Å²) in [4.78, 5) is 13.3. The third-order valence-electron chi connectivity index (χ3n) is 4.84. The van der Waals surface area contributed by atoms with Crippen molar-refractivity contribution in [1.82, 2.24) is 4.98 Å². The fraction of sp³-hybridized carbons (Fsp3) is 0.409. The maximum atomic E-state index is 10.2. The summed E-state index contributed by atoms with van der Waals surface area (Å²) in [5.74, 6) is 0.264. The van der Waals surface area contributed by atoms with Crippen molar-refractivity contribution in [2.45, 2.75) is 53.8 Å². The van der Waals surface area contributed by atoms with Crippen molar-refractivity contribution in [3.05, 3.63) is 42.1 Å². The summed E-state index contributed by atoms with van der Waals surface area (Å²) in [6.07, 6.45) is 8.05. The van der Waals surface area contributed by atoms with Gasteiger partial charge in [-0.05, 0) is 0 Å². The van der Waals surface area contributed by atoms with Crippen molar-refractivity contribution in [3.8, 4) is 16.2 Å². The van der Waals surface area contributed by atoms with E-state index in [1.54, 1.807) is 15.2 Å². The van der Waals surface area contributed by atoms with E-state index in [0.717, 1.165) is 11.8 Å². The minimum atomic E-state index is -2.12. The van der Waals surface area contributed by atoms with Crippen LogP contribution in [0, 0.1) is 0 Å². The first-order valence-electron chi connectivity index (χ1n) is 9.62. The van der Waals surface area contributed by atoms with Gasteiger partial charge in [0.25, 0.3) is 0 Å². The van der Waals surface area contributed by atoms with Crippen molar-refractivity contribution < 1.29 is 5.11 Å². The zero-order valence-corrected chi connectivity index (χ0v) is 20.0. The number of fused-ring (bicyclic) bond motifs is 1. The zero-order chi connectivity index (χ0) is 18.7. The monoisotopic (exact) mass is 475 g/mol. The van der Waals surface area contributed by atoms with Crippen LogP contribution in [0.25, 0.3) is 21.3 Å². The van der Waals surface area contributed by atoms with E-state index in [2.05, 4.69) is 44.9 Å². The summed E-state index contributed by atoms with van der Waals surface area (Å²) in [7, 11) is 0. The molecule has 2 aromatic heterocycles. The topological polar surface area (TPSA) is 33.1 Å². The van der Waals surface area contributed by atoms with Crippen molar-refractivity contribution >= 4 is 43.5 Å². The molecule has 0 spiro atoms. The number of aromatic nitrogens is 1. The molecule has 0 unspecified atom stereocenters. The first-order valence-corrected chi connectivity index (χ1v) is 20.4. The number of hydrogen-bond donors (Lipinski definition) is 1. The van der Waals surface area contributed by atoms with Crippen LogP contribution in [0.4, 0.5) is 0 Å². The molecule has 0 saturated carbocycles. The van der Waals surface area contributed by atoms with E-state index in [4.69, 9.17) is 0 Å². The Hall–Kier alpha value is -1.07. The van der Waals surface area contributed by atoms with E-state index in [1.165, 1.54) is 41.7 Å². The van der Waals surface area contributed by atoms with E-state index >= 15 is 0 Å². The Labute approximate surface area is 165 Å². The van der Waals surface area contributed by atoms with Gasteiger partial charge in [0.2, 0.25) is 0 Å². The average molecular weight is 474 g/mol. The average Bonchev–Trinajstić information content (AvgIpc) is 3.04. The molecule has 3 rings (SSSR count). The van der Waals surface area contributed by atoms with Crippen LogP contribution in [0.15, 0.2) is 36.5 Å². The molecule has 2 nitrogen and oxygen atoms in total. The molecule has 0 fully saturated rings. The Balaban J connectivity index is 2.08. The summed E-state index contributed by atoms with van der Waals surface area (Å²) in [5, 5.41) is 11.3. The van der Waals surface area contributed by atoms with Gasteiger partial charge in [0.1, 0.15) is 0 Å². The minimum absolute atomic E-state index is 0.264. The Morgan fingerprint density at radius 3 is 2.62 bits per heavy atom. The molecule has 0 aliphatic rings. The van der Waals surface area contributed by atoms with E-state index in [1.807, 2.05) is 17.4 Å². The molecule has 2 heterocycles. The van der Waals surface area contributed by atoms with Crippen LogP contribution in [-0.4, -0.2) is 28.5 Å². The van der Waals surface area contributed by atoms with Gasteiger partial charge >= 0.3 is 166 Å². The molecule has 1 N–H and O–H groups in total. The van der Waals surface area contributed by atoms with Crippen LogP contribution in [0.1, 0.15) is 38.2 Å². The Kier molecular flexibility index (Phi) is 6.28. The Bertz CT molecular complexity index is 895. The van der Waals surface area contributed by atoms with Crippen molar-refractivity contribution in [1.29, 1.82) is 0 Å². The zero-order valence-electron chi connectivity index (χ0n) is 16.3. The van der Waals surface area contributed by atoms with Crippen LogP contribution in [0.2, 0.25) is 14.8 Å². The van der Waals surface area contributed by atoms with Gasteiger partial charge in [-0.2, -0.15) is 0 Å². The predicted octanol–water partition coefficient (Wildman–Crippen LogP) is 6.34. The summed E-state index contributed by atoms with van der Waals surface area (Å²) in [6, 6.07) is 10.4. The molecule has 3 aromatic rings.